The van der Waals surface area contributed by atoms with E-state index in [0.717, 1.165) is 44.6 Å². The van der Waals surface area contributed by atoms with E-state index in [1.807, 2.05) is 6.92 Å². The van der Waals surface area contributed by atoms with Crippen molar-refractivity contribution in [3.8, 4) is 0 Å². The maximum Gasteiger partial charge on any atom is 0.259 e. The molecule has 1 atom stereocenters. The van der Waals surface area contributed by atoms with Crippen molar-refractivity contribution in [2.75, 3.05) is 11.9 Å². The number of nitrogens with zero attached hydrogens (tertiary/aromatic N) is 3. The molecule has 0 aromatic carbocycles. The molecular weight excluding hydrogens is 386 g/mol. The smallest absolute Gasteiger partial charge is 0.259 e. The van der Waals surface area contributed by atoms with Crippen LogP contribution in [0.5, 0.6) is 0 Å². The third-order valence-corrected chi connectivity index (χ3v) is 7.29. The first-order valence-corrected chi connectivity index (χ1v) is 11.3. The number of aryl methyl sites for hydroxylation is 1. The SMILES string of the molecule is CCNc1nnc(SCc2nc3sc(C)c(C[C@H](C)CC)c3c(=O)[nH]2)s1. The predicted octanol–water partition coefficient (Wildman–Crippen LogP) is 4.46. The molecule has 0 radical (unpaired) electrons. The van der Waals surface area contributed by atoms with Crippen molar-refractivity contribution in [3.63, 3.8) is 0 Å². The van der Waals surface area contributed by atoms with Crippen molar-refractivity contribution in [1.29, 1.82) is 0 Å². The minimum Gasteiger partial charge on any atom is -0.360 e. The molecule has 0 saturated heterocycles. The summed E-state index contributed by atoms with van der Waals surface area (Å²) in [4.78, 5) is 22.4. The molecule has 3 rings (SSSR count). The molecule has 0 spiro atoms. The molecule has 3 heterocycles. The summed E-state index contributed by atoms with van der Waals surface area (Å²) >= 11 is 4.67. The molecule has 0 aliphatic heterocycles. The van der Waals surface area contributed by atoms with Crippen LogP contribution in [0.1, 0.15) is 43.5 Å². The van der Waals surface area contributed by atoms with E-state index in [4.69, 9.17) is 4.98 Å². The maximum atomic E-state index is 12.7. The standard InChI is InChI=1S/C17H23N5OS3/c1-5-9(3)7-11-10(4)25-15-13(11)14(23)19-12(20-15)8-24-17-22-21-16(26-17)18-6-2/h9H,5-8H2,1-4H3,(H,18,21)(H,19,20,23)/t9-/m1/s1. The Kier molecular flexibility index (Phi) is 6.31. The fourth-order valence-corrected chi connectivity index (χ4v) is 5.41. The molecule has 26 heavy (non-hydrogen) atoms. The zero-order valence-electron chi connectivity index (χ0n) is 15.4. The minimum atomic E-state index is -0.0288. The zero-order valence-corrected chi connectivity index (χ0v) is 17.8. The number of rotatable bonds is 8. The van der Waals surface area contributed by atoms with Gasteiger partial charge >= 0.3 is 0 Å². The van der Waals surface area contributed by atoms with Crippen LogP contribution in [0.15, 0.2) is 9.13 Å². The molecule has 6 nitrogen and oxygen atoms in total. The molecule has 0 saturated carbocycles. The first-order valence-electron chi connectivity index (χ1n) is 8.73. The third kappa shape index (κ3) is 4.27. The Hall–Kier alpha value is -1.45. The van der Waals surface area contributed by atoms with Gasteiger partial charge in [-0.2, -0.15) is 0 Å². The number of fused-ring (bicyclic) bond motifs is 1. The monoisotopic (exact) mass is 409 g/mol. The van der Waals surface area contributed by atoms with E-state index in [1.165, 1.54) is 28.0 Å². The zero-order chi connectivity index (χ0) is 18.7. The van der Waals surface area contributed by atoms with Gasteiger partial charge in [-0.15, -0.1) is 21.5 Å². The number of thioether (sulfide) groups is 1. The summed E-state index contributed by atoms with van der Waals surface area (Å²) in [5.74, 6) is 1.82. The molecule has 140 valence electrons. The van der Waals surface area contributed by atoms with E-state index < -0.39 is 0 Å². The van der Waals surface area contributed by atoms with E-state index in [0.29, 0.717) is 17.5 Å². The Morgan fingerprint density at radius 2 is 2.08 bits per heavy atom. The Morgan fingerprint density at radius 3 is 2.81 bits per heavy atom. The molecule has 9 heteroatoms. The molecule has 0 amide bonds. The van der Waals surface area contributed by atoms with Gasteiger partial charge in [0.1, 0.15) is 10.7 Å². The highest BCUT2D eigenvalue weighted by atomic mass is 32.2. The van der Waals surface area contributed by atoms with Crippen LogP contribution in [0, 0.1) is 12.8 Å². The van der Waals surface area contributed by atoms with Gasteiger partial charge in [0, 0.05) is 11.4 Å². The Balaban J connectivity index is 1.81. The summed E-state index contributed by atoms with van der Waals surface area (Å²) < 4.78 is 0.864. The Labute approximate surface area is 164 Å². The van der Waals surface area contributed by atoms with Crippen molar-refractivity contribution >= 4 is 49.8 Å². The van der Waals surface area contributed by atoms with Gasteiger partial charge in [0.2, 0.25) is 5.13 Å². The molecule has 0 aliphatic rings. The summed E-state index contributed by atoms with van der Waals surface area (Å²) in [7, 11) is 0. The first kappa shape index (κ1) is 19.3. The summed E-state index contributed by atoms with van der Waals surface area (Å²) in [5.41, 5.74) is 1.13. The maximum absolute atomic E-state index is 12.7. The third-order valence-electron chi connectivity index (χ3n) is 4.23. The van der Waals surface area contributed by atoms with Gasteiger partial charge in [-0.05, 0) is 31.7 Å². The van der Waals surface area contributed by atoms with Crippen molar-refractivity contribution in [1.82, 2.24) is 20.2 Å². The average Bonchev–Trinajstić information content (AvgIpc) is 3.18. The van der Waals surface area contributed by atoms with Gasteiger partial charge in [0.15, 0.2) is 4.34 Å². The summed E-state index contributed by atoms with van der Waals surface area (Å²) in [5, 5.41) is 13.0. The highest BCUT2D eigenvalue weighted by Gasteiger charge is 2.17. The highest BCUT2D eigenvalue weighted by Crippen LogP contribution is 2.31. The highest BCUT2D eigenvalue weighted by molar-refractivity contribution is 8.00. The number of H-pyrrole nitrogens is 1. The normalized spacial score (nSPS) is 12.6. The average molecular weight is 410 g/mol. The fourth-order valence-electron chi connectivity index (χ4n) is 2.65. The van der Waals surface area contributed by atoms with Crippen LogP contribution in [0.25, 0.3) is 10.2 Å². The summed E-state index contributed by atoms with van der Waals surface area (Å²) in [6.07, 6.45) is 2.03. The number of hydrogen-bond acceptors (Lipinski definition) is 8. The van der Waals surface area contributed by atoms with Gasteiger partial charge in [-0.3, -0.25) is 4.79 Å². The largest absolute Gasteiger partial charge is 0.360 e. The molecule has 3 aromatic heterocycles. The van der Waals surface area contributed by atoms with Crippen LogP contribution < -0.4 is 10.9 Å². The first-order chi connectivity index (χ1) is 12.5. The predicted molar refractivity (Wildman–Crippen MR) is 112 cm³/mol. The second-order valence-corrected chi connectivity index (χ2v) is 9.64. The Bertz CT molecular complexity index is 946. The van der Waals surface area contributed by atoms with Crippen LogP contribution >= 0.6 is 34.4 Å². The van der Waals surface area contributed by atoms with E-state index in [-0.39, 0.29) is 5.56 Å². The van der Waals surface area contributed by atoms with Crippen molar-refractivity contribution < 1.29 is 0 Å². The molecular formula is C17H23N5OS3. The lowest BCUT2D eigenvalue weighted by atomic mass is 9.98. The van der Waals surface area contributed by atoms with E-state index in [1.54, 1.807) is 11.3 Å². The van der Waals surface area contributed by atoms with Crippen molar-refractivity contribution in [2.45, 2.75) is 50.6 Å². The minimum absolute atomic E-state index is 0.0288. The van der Waals surface area contributed by atoms with Gasteiger partial charge in [-0.25, -0.2) is 4.98 Å². The van der Waals surface area contributed by atoms with Gasteiger partial charge in [0.25, 0.3) is 5.56 Å². The quantitative estimate of drug-likeness (QED) is 0.535. The number of nitrogens with one attached hydrogen (secondary N) is 2. The second kappa shape index (κ2) is 8.49. The van der Waals surface area contributed by atoms with E-state index in [9.17, 15) is 4.79 Å². The number of thiophene rings is 1. The van der Waals surface area contributed by atoms with Crippen LogP contribution in [-0.2, 0) is 12.2 Å². The molecule has 0 fully saturated rings. The summed E-state index contributed by atoms with van der Waals surface area (Å²) in [6.45, 7) is 9.33. The molecule has 0 unspecified atom stereocenters. The van der Waals surface area contributed by atoms with Gasteiger partial charge in [-0.1, -0.05) is 43.4 Å². The lowest BCUT2D eigenvalue weighted by molar-refractivity contribution is 0.561. The van der Waals surface area contributed by atoms with Crippen molar-refractivity contribution in [3.05, 3.63) is 26.6 Å². The van der Waals surface area contributed by atoms with Crippen LogP contribution in [0.4, 0.5) is 5.13 Å². The lowest BCUT2D eigenvalue weighted by Crippen LogP contribution is -2.12. The van der Waals surface area contributed by atoms with Gasteiger partial charge < -0.3 is 10.3 Å². The van der Waals surface area contributed by atoms with Crippen LogP contribution in [0.2, 0.25) is 0 Å². The Morgan fingerprint density at radius 1 is 1.27 bits per heavy atom. The second-order valence-electron chi connectivity index (χ2n) is 6.24. The van der Waals surface area contributed by atoms with E-state index >= 15 is 0 Å². The van der Waals surface area contributed by atoms with Crippen molar-refractivity contribution in [2.24, 2.45) is 5.92 Å². The molecule has 2 N–H and O–H groups in total. The number of anilines is 1. The number of aromatic amines is 1. The van der Waals surface area contributed by atoms with E-state index in [2.05, 4.69) is 41.3 Å². The van der Waals surface area contributed by atoms with Gasteiger partial charge in [0.05, 0.1) is 11.1 Å². The topological polar surface area (TPSA) is 83.6 Å². The lowest BCUT2D eigenvalue weighted by Gasteiger charge is -2.08. The number of aromatic nitrogens is 4. The molecule has 3 aromatic rings. The summed E-state index contributed by atoms with van der Waals surface area (Å²) in [6, 6.07) is 0. The molecule has 0 bridgehead atoms. The molecule has 0 aliphatic carbocycles. The number of hydrogen-bond donors (Lipinski definition) is 2. The van der Waals surface area contributed by atoms with Crippen LogP contribution in [-0.4, -0.2) is 26.7 Å². The van der Waals surface area contributed by atoms with Crippen LogP contribution in [0.3, 0.4) is 0 Å². The fraction of sp³-hybridized carbons (Fsp3) is 0.529.